The van der Waals surface area contributed by atoms with Crippen LogP contribution in [0.2, 0.25) is 0 Å². The van der Waals surface area contributed by atoms with Crippen molar-refractivity contribution in [3.8, 4) is 0 Å². The number of amides is 1. The van der Waals surface area contributed by atoms with Crippen LogP contribution in [0.25, 0.3) is 0 Å². The molecule has 1 atom stereocenters. The van der Waals surface area contributed by atoms with Gasteiger partial charge in [0.2, 0.25) is 0 Å². The zero-order valence-corrected chi connectivity index (χ0v) is 19.0. The average Bonchev–Trinajstić information content (AvgIpc) is 2.95. The van der Waals surface area contributed by atoms with E-state index >= 15 is 0 Å². The lowest BCUT2D eigenvalue weighted by molar-refractivity contribution is -0.157. The molecule has 0 aliphatic heterocycles. The monoisotopic (exact) mass is 430 g/mol. The molecule has 7 heteroatoms. The first-order valence-electron chi connectivity index (χ1n) is 11.5. The van der Waals surface area contributed by atoms with Gasteiger partial charge in [-0.2, -0.15) is 0 Å². The molecule has 1 aromatic heterocycles. The van der Waals surface area contributed by atoms with Gasteiger partial charge in [-0.3, -0.25) is 9.59 Å². The largest absolute Gasteiger partial charge is 0.462 e. The third-order valence-corrected chi connectivity index (χ3v) is 7.46. The third kappa shape index (κ3) is 4.37. The Labute approximate surface area is 183 Å². The van der Waals surface area contributed by atoms with E-state index < -0.39 is 18.0 Å². The van der Waals surface area contributed by atoms with Gasteiger partial charge in [0.05, 0.1) is 12.2 Å². The van der Waals surface area contributed by atoms with Gasteiger partial charge in [0.1, 0.15) is 6.54 Å². The van der Waals surface area contributed by atoms with Crippen molar-refractivity contribution < 1.29 is 23.9 Å². The van der Waals surface area contributed by atoms with Crippen molar-refractivity contribution in [1.82, 2.24) is 9.88 Å². The molecule has 4 bridgehead atoms. The molecule has 4 fully saturated rings. The average molecular weight is 431 g/mol. The number of hydrogen-bond acceptors (Lipinski definition) is 5. The minimum atomic E-state index is -0.846. The van der Waals surface area contributed by atoms with Crippen molar-refractivity contribution >= 4 is 17.8 Å². The van der Waals surface area contributed by atoms with E-state index in [1.54, 1.807) is 31.4 Å². The first-order chi connectivity index (χ1) is 14.7. The third-order valence-electron chi connectivity index (χ3n) is 7.46. The molecule has 1 heterocycles. The molecular formula is C24H34N2O5. The lowest BCUT2D eigenvalue weighted by Gasteiger charge is -2.57. The zero-order chi connectivity index (χ0) is 22.3. The Morgan fingerprint density at radius 2 is 1.71 bits per heavy atom. The molecule has 4 aliphatic rings. The number of aromatic nitrogens is 1. The maximum atomic E-state index is 12.9. The lowest BCUT2D eigenvalue weighted by Crippen LogP contribution is -2.61. The highest BCUT2D eigenvalue weighted by atomic mass is 16.5. The predicted molar refractivity (Wildman–Crippen MR) is 114 cm³/mol. The Bertz CT molecular complexity index is 851. The van der Waals surface area contributed by atoms with Gasteiger partial charge in [0.15, 0.2) is 6.10 Å². The topological polar surface area (TPSA) is 86.6 Å². The highest BCUT2D eigenvalue weighted by Crippen LogP contribution is 2.55. The SMILES string of the molecule is CCOC(=O)c1cc(C)n(CC(=O)O[C@@H](C)C(=O)NC23CC4CC(CC(C4)C2)C3)c1C. The second kappa shape index (κ2) is 8.32. The maximum Gasteiger partial charge on any atom is 0.339 e. The van der Waals surface area contributed by atoms with Crippen molar-refractivity contribution in [2.75, 3.05) is 6.61 Å². The van der Waals surface area contributed by atoms with Crippen LogP contribution in [0.1, 0.15) is 74.1 Å². The summed E-state index contributed by atoms with van der Waals surface area (Å²) in [6.45, 7) is 7.23. The molecule has 0 radical (unpaired) electrons. The minimum absolute atomic E-state index is 0.0495. The van der Waals surface area contributed by atoms with Gasteiger partial charge in [0, 0.05) is 16.9 Å². The summed E-state index contributed by atoms with van der Waals surface area (Å²) in [5.74, 6) is 1.10. The van der Waals surface area contributed by atoms with Crippen LogP contribution in [0.3, 0.4) is 0 Å². The van der Waals surface area contributed by atoms with Crippen molar-refractivity contribution in [1.29, 1.82) is 0 Å². The Balaban J connectivity index is 1.35. The number of hydrogen-bond donors (Lipinski definition) is 1. The molecule has 1 aromatic rings. The molecule has 31 heavy (non-hydrogen) atoms. The van der Waals surface area contributed by atoms with Crippen LogP contribution in [0.5, 0.6) is 0 Å². The molecule has 5 rings (SSSR count). The first-order valence-corrected chi connectivity index (χ1v) is 11.5. The highest BCUT2D eigenvalue weighted by molar-refractivity contribution is 5.91. The van der Waals surface area contributed by atoms with Gasteiger partial charge in [-0.05, 0) is 90.0 Å². The van der Waals surface area contributed by atoms with Crippen molar-refractivity contribution in [3.05, 3.63) is 23.0 Å². The number of nitrogens with one attached hydrogen (secondary N) is 1. The summed E-state index contributed by atoms with van der Waals surface area (Å²) < 4.78 is 12.3. The van der Waals surface area contributed by atoms with Gasteiger partial charge in [-0.1, -0.05) is 0 Å². The number of carbonyl (C=O) groups excluding carboxylic acids is 3. The number of esters is 2. The first kappa shape index (κ1) is 21.9. The number of carbonyl (C=O) groups is 3. The normalized spacial score (nSPS) is 29.5. The molecule has 7 nitrogen and oxygen atoms in total. The quantitative estimate of drug-likeness (QED) is 0.671. The van der Waals surface area contributed by atoms with Crippen LogP contribution < -0.4 is 5.32 Å². The number of nitrogens with zero attached hydrogens (tertiary/aromatic N) is 1. The summed E-state index contributed by atoms with van der Waals surface area (Å²) >= 11 is 0. The number of rotatable bonds is 7. The molecular weight excluding hydrogens is 396 g/mol. The van der Waals surface area contributed by atoms with Gasteiger partial charge in [-0.15, -0.1) is 0 Å². The summed E-state index contributed by atoms with van der Waals surface area (Å²) in [6, 6.07) is 1.71. The number of ether oxygens (including phenoxy) is 2. The smallest absolute Gasteiger partial charge is 0.339 e. The van der Waals surface area contributed by atoms with Crippen molar-refractivity contribution in [2.45, 2.75) is 84.4 Å². The van der Waals surface area contributed by atoms with E-state index in [0.29, 0.717) is 17.9 Å². The standard InChI is InChI=1S/C24H34N2O5/c1-5-30-23(29)20-6-14(2)26(15(20)3)13-21(27)31-16(4)22(28)25-24-10-17-7-18(11-24)9-19(8-17)12-24/h6,16-19H,5,7-13H2,1-4H3,(H,25,28)/t16-,17?,18?,19?,24?/m0/s1. The Morgan fingerprint density at radius 1 is 1.13 bits per heavy atom. The van der Waals surface area contributed by atoms with E-state index in [0.717, 1.165) is 42.7 Å². The van der Waals surface area contributed by atoms with Crippen LogP contribution in [0.15, 0.2) is 6.07 Å². The van der Waals surface area contributed by atoms with E-state index in [-0.39, 0.29) is 18.0 Å². The van der Waals surface area contributed by atoms with Crippen molar-refractivity contribution in [3.63, 3.8) is 0 Å². The molecule has 4 saturated carbocycles. The summed E-state index contributed by atoms with van der Waals surface area (Å²) in [4.78, 5) is 37.5. The number of aryl methyl sites for hydroxylation is 1. The fourth-order valence-corrected chi connectivity index (χ4v) is 6.50. The predicted octanol–water partition coefficient (Wildman–Crippen LogP) is 3.30. The van der Waals surface area contributed by atoms with E-state index in [4.69, 9.17) is 9.47 Å². The van der Waals surface area contributed by atoms with E-state index in [1.165, 1.54) is 19.3 Å². The van der Waals surface area contributed by atoms with Gasteiger partial charge in [0.25, 0.3) is 5.91 Å². The zero-order valence-electron chi connectivity index (χ0n) is 19.0. The summed E-state index contributed by atoms with van der Waals surface area (Å²) in [5, 5.41) is 3.27. The molecule has 1 amide bonds. The highest BCUT2D eigenvalue weighted by Gasteiger charge is 2.51. The minimum Gasteiger partial charge on any atom is -0.462 e. The molecule has 4 aliphatic carbocycles. The molecule has 0 aromatic carbocycles. The Hall–Kier alpha value is -2.31. The maximum absolute atomic E-state index is 12.9. The molecule has 0 spiro atoms. The summed E-state index contributed by atoms with van der Waals surface area (Å²) in [7, 11) is 0. The van der Waals surface area contributed by atoms with E-state index in [9.17, 15) is 14.4 Å². The Kier molecular flexibility index (Phi) is 5.88. The van der Waals surface area contributed by atoms with Crippen LogP contribution in [0.4, 0.5) is 0 Å². The fourth-order valence-electron chi connectivity index (χ4n) is 6.50. The summed E-state index contributed by atoms with van der Waals surface area (Å²) in [5.41, 5.74) is 1.76. The van der Waals surface area contributed by atoms with E-state index in [2.05, 4.69) is 5.32 Å². The lowest BCUT2D eigenvalue weighted by atomic mass is 9.53. The van der Waals surface area contributed by atoms with Gasteiger partial charge in [-0.25, -0.2) is 4.79 Å². The van der Waals surface area contributed by atoms with Gasteiger partial charge >= 0.3 is 11.9 Å². The van der Waals surface area contributed by atoms with Crippen LogP contribution in [-0.4, -0.2) is 40.7 Å². The Morgan fingerprint density at radius 3 is 2.26 bits per heavy atom. The molecule has 0 saturated heterocycles. The van der Waals surface area contributed by atoms with Crippen LogP contribution in [-0.2, 0) is 25.6 Å². The van der Waals surface area contributed by atoms with E-state index in [1.807, 2.05) is 6.92 Å². The van der Waals surface area contributed by atoms with Crippen LogP contribution in [0, 0.1) is 31.6 Å². The fraction of sp³-hybridized carbons (Fsp3) is 0.708. The second-order valence-electron chi connectivity index (χ2n) is 9.91. The molecule has 1 N–H and O–H groups in total. The second-order valence-corrected chi connectivity index (χ2v) is 9.91. The van der Waals surface area contributed by atoms with Crippen molar-refractivity contribution in [2.24, 2.45) is 17.8 Å². The van der Waals surface area contributed by atoms with Gasteiger partial charge < -0.3 is 19.4 Å². The van der Waals surface area contributed by atoms with Crippen LogP contribution >= 0.6 is 0 Å². The molecule has 170 valence electrons. The summed E-state index contributed by atoms with van der Waals surface area (Å²) in [6.07, 6.45) is 6.26. The molecule has 0 unspecified atom stereocenters.